The van der Waals surface area contributed by atoms with E-state index in [1.54, 1.807) is 6.20 Å². The number of aryl methyl sites for hydroxylation is 1. The van der Waals surface area contributed by atoms with Crippen LogP contribution >= 0.6 is 22.9 Å². The van der Waals surface area contributed by atoms with Crippen molar-refractivity contribution >= 4 is 46.1 Å². The molecule has 0 aliphatic carbocycles. The monoisotopic (exact) mass is 374 g/mol. The number of thiazole rings is 1. The minimum Gasteiger partial charge on any atom is -0.380 e. The molecular weight excluding hydrogens is 356 g/mol. The Kier molecular flexibility index (Phi) is 5.35. The van der Waals surface area contributed by atoms with Crippen LogP contribution in [0.5, 0.6) is 0 Å². The number of hydrogen-bond acceptors (Lipinski definition) is 7. The summed E-state index contributed by atoms with van der Waals surface area (Å²) in [6, 6.07) is 9.94. The van der Waals surface area contributed by atoms with Crippen LogP contribution in [0.4, 0.5) is 23.1 Å². The van der Waals surface area contributed by atoms with Crippen molar-refractivity contribution < 1.29 is 0 Å². The quantitative estimate of drug-likeness (QED) is 0.670. The zero-order valence-electron chi connectivity index (χ0n) is 14.2. The first-order valence-electron chi connectivity index (χ1n) is 7.74. The molecule has 0 aliphatic heterocycles. The van der Waals surface area contributed by atoms with E-state index in [2.05, 4.69) is 25.6 Å². The Labute approximate surface area is 155 Å². The first-order chi connectivity index (χ1) is 12.0. The number of nitrogens with one attached hydrogen (secondary N) is 2. The number of benzene rings is 1. The Hall–Kier alpha value is -2.38. The van der Waals surface area contributed by atoms with Gasteiger partial charge in [-0.1, -0.05) is 11.6 Å². The van der Waals surface area contributed by atoms with E-state index >= 15 is 0 Å². The summed E-state index contributed by atoms with van der Waals surface area (Å²) in [6.07, 6.45) is 1.79. The summed E-state index contributed by atoms with van der Waals surface area (Å²) in [6.45, 7) is 2.66. The van der Waals surface area contributed by atoms with Crippen LogP contribution < -0.4 is 15.5 Å². The lowest BCUT2D eigenvalue weighted by Gasteiger charge is -2.14. The van der Waals surface area contributed by atoms with Crippen LogP contribution in [-0.4, -0.2) is 29.0 Å². The van der Waals surface area contributed by atoms with Gasteiger partial charge in [-0.05, 0) is 31.2 Å². The Morgan fingerprint density at radius 3 is 2.48 bits per heavy atom. The van der Waals surface area contributed by atoms with Gasteiger partial charge in [0, 0.05) is 48.3 Å². The molecule has 0 unspecified atom stereocenters. The molecule has 0 spiro atoms. The van der Waals surface area contributed by atoms with E-state index < -0.39 is 0 Å². The summed E-state index contributed by atoms with van der Waals surface area (Å²) < 4.78 is 0.562. The average molecular weight is 375 g/mol. The van der Waals surface area contributed by atoms with Crippen molar-refractivity contribution in [3.8, 4) is 0 Å². The summed E-state index contributed by atoms with van der Waals surface area (Å²) in [5, 5.41) is 6.59. The van der Waals surface area contributed by atoms with Crippen molar-refractivity contribution in [2.45, 2.75) is 13.5 Å². The minimum atomic E-state index is 0.562. The molecule has 0 saturated carbocycles. The van der Waals surface area contributed by atoms with Gasteiger partial charge in [0.05, 0.1) is 6.54 Å². The molecule has 0 bridgehead atoms. The maximum Gasteiger partial charge on any atom is 0.229 e. The highest BCUT2D eigenvalue weighted by atomic mass is 35.5. The molecule has 2 heterocycles. The Morgan fingerprint density at radius 1 is 1.12 bits per heavy atom. The highest BCUT2D eigenvalue weighted by Crippen LogP contribution is 2.21. The number of aromatic nitrogens is 3. The van der Waals surface area contributed by atoms with Gasteiger partial charge in [-0.3, -0.25) is 0 Å². The topological polar surface area (TPSA) is 66.0 Å². The summed E-state index contributed by atoms with van der Waals surface area (Å²) >= 11 is 7.31. The summed E-state index contributed by atoms with van der Waals surface area (Å²) in [5.74, 6) is 1.46. The van der Waals surface area contributed by atoms with Crippen LogP contribution in [0, 0.1) is 6.92 Å². The van der Waals surface area contributed by atoms with Crippen LogP contribution in [-0.2, 0) is 6.54 Å². The summed E-state index contributed by atoms with van der Waals surface area (Å²) in [4.78, 5) is 16.0. The average Bonchev–Trinajstić information content (AvgIpc) is 2.99. The summed E-state index contributed by atoms with van der Waals surface area (Å²) in [5.41, 5.74) is 2.87. The van der Waals surface area contributed by atoms with E-state index in [9.17, 15) is 0 Å². The lowest BCUT2D eigenvalue weighted by Crippen LogP contribution is -2.12. The molecule has 6 nitrogen and oxygen atoms in total. The Morgan fingerprint density at radius 2 is 1.84 bits per heavy atom. The SMILES string of the molecule is Cc1cc(N(C)C)nc(Nc2ccc(NCc3cnc(Cl)s3)cc2)n1. The van der Waals surface area contributed by atoms with Crippen molar-refractivity contribution in [2.24, 2.45) is 0 Å². The normalized spacial score (nSPS) is 10.6. The van der Waals surface area contributed by atoms with E-state index in [1.807, 2.05) is 56.3 Å². The fraction of sp³-hybridized carbons (Fsp3) is 0.235. The van der Waals surface area contributed by atoms with E-state index in [1.165, 1.54) is 11.3 Å². The maximum atomic E-state index is 5.84. The van der Waals surface area contributed by atoms with Gasteiger partial charge in [0.15, 0.2) is 4.47 Å². The molecule has 0 aliphatic rings. The van der Waals surface area contributed by atoms with E-state index in [-0.39, 0.29) is 0 Å². The molecule has 0 amide bonds. The van der Waals surface area contributed by atoms with Gasteiger partial charge in [-0.15, -0.1) is 11.3 Å². The third-order valence-electron chi connectivity index (χ3n) is 3.43. The fourth-order valence-electron chi connectivity index (χ4n) is 2.19. The van der Waals surface area contributed by atoms with Crippen LogP contribution in [0.3, 0.4) is 0 Å². The number of rotatable bonds is 6. The summed E-state index contributed by atoms with van der Waals surface area (Å²) in [7, 11) is 3.92. The highest BCUT2D eigenvalue weighted by Gasteiger charge is 2.05. The molecule has 130 valence electrons. The molecule has 0 radical (unpaired) electrons. The van der Waals surface area contributed by atoms with Gasteiger partial charge in [-0.25, -0.2) is 9.97 Å². The smallest absolute Gasteiger partial charge is 0.229 e. The lowest BCUT2D eigenvalue weighted by molar-refractivity contribution is 1.02. The van der Waals surface area contributed by atoms with E-state index in [0.29, 0.717) is 17.0 Å². The van der Waals surface area contributed by atoms with E-state index in [4.69, 9.17) is 11.6 Å². The zero-order chi connectivity index (χ0) is 17.8. The molecule has 1 aromatic carbocycles. The largest absolute Gasteiger partial charge is 0.380 e. The highest BCUT2D eigenvalue weighted by molar-refractivity contribution is 7.15. The third kappa shape index (κ3) is 4.80. The van der Waals surface area contributed by atoms with Crippen LogP contribution in [0.15, 0.2) is 36.5 Å². The van der Waals surface area contributed by atoms with Gasteiger partial charge in [0.1, 0.15) is 5.82 Å². The van der Waals surface area contributed by atoms with Gasteiger partial charge in [-0.2, -0.15) is 4.98 Å². The first kappa shape index (κ1) is 17.4. The maximum absolute atomic E-state index is 5.84. The minimum absolute atomic E-state index is 0.562. The van der Waals surface area contributed by atoms with Crippen molar-refractivity contribution in [3.05, 3.63) is 51.6 Å². The van der Waals surface area contributed by atoms with Crippen molar-refractivity contribution in [3.63, 3.8) is 0 Å². The number of nitrogens with zero attached hydrogens (tertiary/aromatic N) is 4. The zero-order valence-corrected chi connectivity index (χ0v) is 15.8. The van der Waals surface area contributed by atoms with Gasteiger partial charge >= 0.3 is 0 Å². The lowest BCUT2D eigenvalue weighted by atomic mass is 10.3. The second-order valence-electron chi connectivity index (χ2n) is 5.72. The Balaban J connectivity index is 1.64. The standard InChI is InChI=1S/C17H19ClN6S/c1-11-8-15(24(2)3)23-17(21-11)22-13-6-4-12(5-7-13)19-9-14-10-20-16(18)25-14/h4-8,10,19H,9H2,1-3H3,(H,21,22,23). The third-order valence-corrected chi connectivity index (χ3v) is 4.55. The molecule has 8 heteroatoms. The van der Waals surface area contributed by atoms with Gasteiger partial charge in [0.25, 0.3) is 0 Å². The van der Waals surface area contributed by atoms with Crippen molar-refractivity contribution in [1.29, 1.82) is 0 Å². The van der Waals surface area contributed by atoms with Crippen molar-refractivity contribution in [1.82, 2.24) is 15.0 Å². The van der Waals surface area contributed by atoms with Crippen LogP contribution in [0.2, 0.25) is 4.47 Å². The molecule has 2 aromatic heterocycles. The molecule has 25 heavy (non-hydrogen) atoms. The molecule has 3 aromatic rings. The van der Waals surface area contributed by atoms with Crippen LogP contribution in [0.25, 0.3) is 0 Å². The number of halogens is 1. The van der Waals surface area contributed by atoms with Gasteiger partial charge in [0.2, 0.25) is 5.95 Å². The molecule has 0 saturated heterocycles. The first-order valence-corrected chi connectivity index (χ1v) is 8.93. The second kappa shape index (κ2) is 7.67. The van der Waals surface area contributed by atoms with E-state index in [0.717, 1.165) is 27.8 Å². The predicted molar refractivity (Wildman–Crippen MR) is 105 cm³/mol. The second-order valence-corrected chi connectivity index (χ2v) is 7.42. The molecule has 3 rings (SSSR count). The molecule has 0 atom stereocenters. The fourth-order valence-corrected chi connectivity index (χ4v) is 3.11. The Bertz CT molecular complexity index is 847. The van der Waals surface area contributed by atoms with Crippen molar-refractivity contribution in [2.75, 3.05) is 29.6 Å². The predicted octanol–water partition coefficient (Wildman–Crippen LogP) is 4.32. The number of anilines is 4. The van der Waals surface area contributed by atoms with Crippen LogP contribution in [0.1, 0.15) is 10.6 Å². The molecular formula is C17H19ClN6S. The molecule has 0 fully saturated rings. The van der Waals surface area contributed by atoms with Gasteiger partial charge < -0.3 is 15.5 Å². The number of hydrogen-bond donors (Lipinski definition) is 2. The molecule has 2 N–H and O–H groups in total.